The van der Waals surface area contributed by atoms with Gasteiger partial charge in [0.2, 0.25) is 0 Å². The summed E-state index contributed by atoms with van der Waals surface area (Å²) in [5, 5.41) is 7.56. The fraction of sp³-hybridized carbons (Fsp3) is 1.00. The molecular weight excluding hydrogens is 234 g/mol. The average Bonchev–Trinajstić information content (AvgIpc) is 2.19. The zero-order chi connectivity index (χ0) is 14.7. The summed E-state index contributed by atoms with van der Waals surface area (Å²) in [6, 6.07) is 1.29. The van der Waals surface area contributed by atoms with Gasteiger partial charge in [0.1, 0.15) is 0 Å². The van der Waals surface area contributed by atoms with Crippen LogP contribution in [-0.4, -0.2) is 48.7 Å². The molecule has 1 atom stereocenters. The first-order valence-electron chi connectivity index (χ1n) is 7.84. The quantitative estimate of drug-likeness (QED) is 0.776. The molecule has 0 bridgehead atoms. The van der Waals surface area contributed by atoms with Crippen molar-refractivity contribution in [3.8, 4) is 0 Å². The van der Waals surface area contributed by atoms with Crippen molar-refractivity contribution in [3.63, 3.8) is 0 Å². The van der Waals surface area contributed by atoms with Crippen LogP contribution in [0.3, 0.4) is 0 Å². The molecule has 0 amide bonds. The van der Waals surface area contributed by atoms with Gasteiger partial charge in [0, 0.05) is 29.7 Å². The topological polar surface area (TPSA) is 27.3 Å². The lowest BCUT2D eigenvalue weighted by Crippen LogP contribution is -2.62. The Balaban J connectivity index is 2.51. The van der Waals surface area contributed by atoms with E-state index in [2.05, 4.69) is 64.2 Å². The summed E-state index contributed by atoms with van der Waals surface area (Å²) in [7, 11) is 4.39. The van der Waals surface area contributed by atoms with Crippen molar-refractivity contribution >= 4 is 0 Å². The summed E-state index contributed by atoms with van der Waals surface area (Å²) >= 11 is 0. The van der Waals surface area contributed by atoms with Crippen LogP contribution in [0.2, 0.25) is 0 Å². The highest BCUT2D eigenvalue weighted by Crippen LogP contribution is 2.28. The lowest BCUT2D eigenvalue weighted by atomic mass is 9.79. The van der Waals surface area contributed by atoms with Crippen LogP contribution in [0.25, 0.3) is 0 Å². The zero-order valence-corrected chi connectivity index (χ0v) is 14.1. The van der Waals surface area contributed by atoms with E-state index in [9.17, 15) is 0 Å². The van der Waals surface area contributed by atoms with E-state index in [1.165, 1.54) is 25.7 Å². The summed E-state index contributed by atoms with van der Waals surface area (Å²) in [6.07, 6.45) is 4.96. The predicted molar refractivity (Wildman–Crippen MR) is 84.7 cm³/mol. The first-order chi connectivity index (χ1) is 8.65. The van der Waals surface area contributed by atoms with E-state index in [1.807, 2.05) is 0 Å². The molecule has 0 radical (unpaired) electrons. The normalized spacial score (nSPS) is 24.6. The van der Waals surface area contributed by atoms with E-state index in [-0.39, 0.29) is 11.1 Å². The molecule has 19 heavy (non-hydrogen) atoms. The molecule has 2 N–H and O–H groups in total. The molecule has 1 fully saturated rings. The number of piperidine rings is 1. The van der Waals surface area contributed by atoms with E-state index < -0.39 is 0 Å². The molecule has 114 valence electrons. The van der Waals surface area contributed by atoms with Crippen molar-refractivity contribution in [2.45, 2.75) is 83.5 Å². The molecule has 1 aliphatic rings. The molecule has 1 rings (SSSR count). The van der Waals surface area contributed by atoms with Crippen molar-refractivity contribution in [3.05, 3.63) is 0 Å². The van der Waals surface area contributed by atoms with Gasteiger partial charge >= 0.3 is 0 Å². The Bertz CT molecular complexity index is 255. The Labute approximate surface area is 120 Å². The molecule has 0 saturated carbocycles. The maximum Gasteiger partial charge on any atom is 0.0214 e. The first kappa shape index (κ1) is 16.9. The highest BCUT2D eigenvalue weighted by molar-refractivity contribution is 4.99. The lowest BCUT2D eigenvalue weighted by Gasteiger charge is -2.47. The van der Waals surface area contributed by atoms with Gasteiger partial charge in [-0.05, 0) is 61.1 Å². The van der Waals surface area contributed by atoms with Gasteiger partial charge in [-0.25, -0.2) is 0 Å². The number of nitrogens with one attached hydrogen (secondary N) is 2. The minimum Gasteiger partial charge on any atom is -0.312 e. The van der Waals surface area contributed by atoms with Gasteiger partial charge < -0.3 is 15.5 Å². The highest BCUT2D eigenvalue weighted by Gasteiger charge is 2.37. The monoisotopic (exact) mass is 269 g/mol. The van der Waals surface area contributed by atoms with Crippen LogP contribution in [-0.2, 0) is 0 Å². The molecule has 1 aliphatic heterocycles. The third-order valence-corrected chi connectivity index (χ3v) is 4.18. The van der Waals surface area contributed by atoms with Crippen LogP contribution < -0.4 is 10.6 Å². The van der Waals surface area contributed by atoms with Gasteiger partial charge in [-0.2, -0.15) is 0 Å². The first-order valence-corrected chi connectivity index (χ1v) is 7.84. The molecule has 0 aliphatic carbocycles. The van der Waals surface area contributed by atoms with E-state index >= 15 is 0 Å². The third kappa shape index (κ3) is 5.80. The molecule has 3 nitrogen and oxygen atoms in total. The minimum absolute atomic E-state index is 0.234. The minimum atomic E-state index is 0.234. The van der Waals surface area contributed by atoms with Gasteiger partial charge in [0.15, 0.2) is 0 Å². The fourth-order valence-corrected chi connectivity index (χ4v) is 3.65. The Kier molecular flexibility index (Phi) is 5.84. The van der Waals surface area contributed by atoms with Crippen molar-refractivity contribution in [1.29, 1.82) is 0 Å². The van der Waals surface area contributed by atoms with Crippen LogP contribution in [0.1, 0.15) is 60.3 Å². The number of nitrogens with zero attached hydrogens (tertiary/aromatic N) is 1. The van der Waals surface area contributed by atoms with Crippen molar-refractivity contribution in [1.82, 2.24) is 15.5 Å². The van der Waals surface area contributed by atoms with Gasteiger partial charge in [-0.15, -0.1) is 0 Å². The summed E-state index contributed by atoms with van der Waals surface area (Å²) in [6.45, 7) is 12.6. The molecule has 1 unspecified atom stereocenters. The van der Waals surface area contributed by atoms with Gasteiger partial charge in [-0.3, -0.25) is 0 Å². The standard InChI is InChI=1S/C16H35N3/c1-8-9-14(19(6)7)12-17-13-10-15(2,3)18-16(4,5)11-13/h13-14,17-18H,8-12H2,1-7H3. The molecule has 1 heterocycles. The Morgan fingerprint density at radius 1 is 1.16 bits per heavy atom. The molecule has 1 saturated heterocycles. The SMILES string of the molecule is CCCC(CNC1CC(C)(C)NC(C)(C)C1)N(C)C. The number of hydrogen-bond acceptors (Lipinski definition) is 3. The number of rotatable bonds is 6. The van der Waals surface area contributed by atoms with Crippen molar-refractivity contribution in [2.24, 2.45) is 0 Å². The fourth-order valence-electron chi connectivity index (χ4n) is 3.65. The maximum atomic E-state index is 3.82. The molecule has 3 heteroatoms. The maximum absolute atomic E-state index is 3.82. The number of likely N-dealkylation sites (N-methyl/N-ethyl adjacent to an activating group) is 1. The number of hydrogen-bond donors (Lipinski definition) is 2. The highest BCUT2D eigenvalue weighted by atomic mass is 15.1. The van der Waals surface area contributed by atoms with Crippen LogP contribution in [0.5, 0.6) is 0 Å². The Morgan fingerprint density at radius 2 is 1.68 bits per heavy atom. The summed E-state index contributed by atoms with van der Waals surface area (Å²) in [4.78, 5) is 2.36. The second kappa shape index (κ2) is 6.55. The van der Waals surface area contributed by atoms with E-state index in [4.69, 9.17) is 0 Å². The molecule has 0 spiro atoms. The molecule has 0 aromatic heterocycles. The van der Waals surface area contributed by atoms with Crippen molar-refractivity contribution < 1.29 is 0 Å². The molecular formula is C16H35N3. The largest absolute Gasteiger partial charge is 0.312 e. The van der Waals surface area contributed by atoms with Crippen LogP contribution >= 0.6 is 0 Å². The predicted octanol–water partition coefficient (Wildman–Crippen LogP) is 2.62. The Morgan fingerprint density at radius 3 is 2.11 bits per heavy atom. The van der Waals surface area contributed by atoms with Crippen molar-refractivity contribution in [2.75, 3.05) is 20.6 Å². The van der Waals surface area contributed by atoms with Gasteiger partial charge in [0.05, 0.1) is 0 Å². The Hall–Kier alpha value is -0.120. The van der Waals surface area contributed by atoms with Crippen LogP contribution in [0.15, 0.2) is 0 Å². The van der Waals surface area contributed by atoms with E-state index in [1.54, 1.807) is 0 Å². The summed E-state index contributed by atoms with van der Waals surface area (Å²) < 4.78 is 0. The molecule has 0 aromatic rings. The van der Waals surface area contributed by atoms with Crippen LogP contribution in [0.4, 0.5) is 0 Å². The summed E-state index contributed by atoms with van der Waals surface area (Å²) in [5.41, 5.74) is 0.468. The summed E-state index contributed by atoms with van der Waals surface area (Å²) in [5.74, 6) is 0. The third-order valence-electron chi connectivity index (χ3n) is 4.18. The average molecular weight is 269 g/mol. The van der Waals surface area contributed by atoms with Crippen LogP contribution in [0, 0.1) is 0 Å². The second-order valence-corrected chi connectivity index (χ2v) is 7.81. The zero-order valence-electron chi connectivity index (χ0n) is 14.1. The second-order valence-electron chi connectivity index (χ2n) is 7.81. The van der Waals surface area contributed by atoms with E-state index in [0.717, 1.165) is 6.54 Å². The van der Waals surface area contributed by atoms with E-state index in [0.29, 0.717) is 12.1 Å². The van der Waals surface area contributed by atoms with Gasteiger partial charge in [0.25, 0.3) is 0 Å². The molecule has 0 aromatic carbocycles. The smallest absolute Gasteiger partial charge is 0.0214 e. The lowest BCUT2D eigenvalue weighted by molar-refractivity contribution is 0.139. The van der Waals surface area contributed by atoms with Gasteiger partial charge in [-0.1, -0.05) is 13.3 Å².